The Balaban J connectivity index is 1.77. The second-order valence-electron chi connectivity index (χ2n) is 8.37. The Bertz CT molecular complexity index is 600. The van der Waals surface area contributed by atoms with Crippen LogP contribution in [0.25, 0.3) is 0 Å². The molecule has 0 saturated heterocycles. The SMILES string of the molecule is CCC(NC(=O)OC(C)(C)C)[C@H]1CC[C@H](C(=O)OCc2ccccc2)CC1. The van der Waals surface area contributed by atoms with E-state index < -0.39 is 5.60 Å². The van der Waals surface area contributed by atoms with Crippen LogP contribution in [0.2, 0.25) is 0 Å². The van der Waals surface area contributed by atoms with Gasteiger partial charge in [-0.05, 0) is 64.4 Å². The standard InChI is InChI=1S/C22H33NO4/c1-5-19(23-21(25)27-22(2,3)4)17-11-13-18(14-12-17)20(24)26-15-16-9-7-6-8-10-16/h6-10,17-19H,5,11-15H2,1-4H3,(H,23,25)/t17-,18-,19?. The molecule has 1 aromatic carbocycles. The highest BCUT2D eigenvalue weighted by atomic mass is 16.6. The van der Waals surface area contributed by atoms with Crippen LogP contribution in [-0.2, 0) is 20.9 Å². The highest BCUT2D eigenvalue weighted by molar-refractivity contribution is 5.72. The third-order valence-corrected chi connectivity index (χ3v) is 5.04. The molecule has 150 valence electrons. The highest BCUT2D eigenvalue weighted by Crippen LogP contribution is 2.32. The summed E-state index contributed by atoms with van der Waals surface area (Å²) in [5.74, 6) is 0.232. The summed E-state index contributed by atoms with van der Waals surface area (Å²) in [7, 11) is 0. The fraction of sp³-hybridized carbons (Fsp3) is 0.636. The van der Waals surface area contributed by atoms with Crippen LogP contribution in [-0.4, -0.2) is 23.7 Å². The number of nitrogens with one attached hydrogen (secondary N) is 1. The molecule has 2 rings (SSSR count). The van der Waals surface area contributed by atoms with Crippen LogP contribution in [0.5, 0.6) is 0 Å². The lowest BCUT2D eigenvalue weighted by Crippen LogP contribution is -2.44. The molecule has 1 fully saturated rings. The van der Waals surface area contributed by atoms with E-state index in [1.54, 1.807) is 0 Å². The minimum atomic E-state index is -0.497. The van der Waals surface area contributed by atoms with Gasteiger partial charge in [0.25, 0.3) is 0 Å². The van der Waals surface area contributed by atoms with Crippen molar-refractivity contribution in [3.05, 3.63) is 35.9 Å². The normalized spacial score (nSPS) is 21.2. The minimum absolute atomic E-state index is 0.0380. The predicted molar refractivity (Wildman–Crippen MR) is 105 cm³/mol. The van der Waals surface area contributed by atoms with Crippen molar-refractivity contribution in [1.82, 2.24) is 5.32 Å². The maximum Gasteiger partial charge on any atom is 0.407 e. The summed E-state index contributed by atoms with van der Waals surface area (Å²) in [5.41, 5.74) is 0.509. The van der Waals surface area contributed by atoms with Crippen molar-refractivity contribution in [3.8, 4) is 0 Å². The average Bonchev–Trinajstić information content (AvgIpc) is 2.64. The van der Waals surface area contributed by atoms with Crippen molar-refractivity contribution in [3.63, 3.8) is 0 Å². The fourth-order valence-electron chi connectivity index (χ4n) is 3.62. The molecule has 27 heavy (non-hydrogen) atoms. The lowest BCUT2D eigenvalue weighted by Gasteiger charge is -2.33. The van der Waals surface area contributed by atoms with Gasteiger partial charge in [-0.15, -0.1) is 0 Å². The van der Waals surface area contributed by atoms with Gasteiger partial charge in [0.2, 0.25) is 0 Å². The maximum atomic E-state index is 12.3. The molecule has 1 aliphatic rings. The van der Waals surface area contributed by atoms with Gasteiger partial charge in [-0.2, -0.15) is 0 Å². The summed E-state index contributed by atoms with van der Waals surface area (Å²) < 4.78 is 10.9. The van der Waals surface area contributed by atoms with Gasteiger partial charge in [-0.1, -0.05) is 37.3 Å². The van der Waals surface area contributed by atoms with Gasteiger partial charge in [-0.3, -0.25) is 4.79 Å². The first-order chi connectivity index (χ1) is 12.8. The van der Waals surface area contributed by atoms with E-state index in [0.717, 1.165) is 37.7 Å². The van der Waals surface area contributed by atoms with Crippen LogP contribution in [0.15, 0.2) is 30.3 Å². The van der Waals surface area contributed by atoms with Gasteiger partial charge in [0, 0.05) is 6.04 Å². The van der Waals surface area contributed by atoms with Crippen molar-refractivity contribution in [2.24, 2.45) is 11.8 Å². The Morgan fingerprint density at radius 2 is 1.74 bits per heavy atom. The number of rotatable bonds is 6. The summed E-state index contributed by atoms with van der Waals surface area (Å²) in [6, 6.07) is 9.83. The number of benzene rings is 1. The van der Waals surface area contributed by atoms with E-state index in [-0.39, 0.29) is 24.0 Å². The number of ether oxygens (including phenoxy) is 2. The largest absolute Gasteiger partial charge is 0.461 e. The molecule has 1 amide bonds. The highest BCUT2D eigenvalue weighted by Gasteiger charge is 2.32. The van der Waals surface area contributed by atoms with Gasteiger partial charge >= 0.3 is 12.1 Å². The zero-order chi connectivity index (χ0) is 19.9. The van der Waals surface area contributed by atoms with Crippen LogP contribution >= 0.6 is 0 Å². The molecular weight excluding hydrogens is 342 g/mol. The second-order valence-corrected chi connectivity index (χ2v) is 8.37. The first kappa shape index (κ1) is 21.3. The maximum absolute atomic E-state index is 12.3. The third-order valence-electron chi connectivity index (χ3n) is 5.04. The smallest absolute Gasteiger partial charge is 0.407 e. The molecule has 1 aliphatic carbocycles. The molecular formula is C22H33NO4. The second kappa shape index (κ2) is 9.77. The van der Waals surface area contributed by atoms with Crippen LogP contribution in [0.3, 0.4) is 0 Å². The van der Waals surface area contributed by atoms with Gasteiger partial charge in [0.15, 0.2) is 0 Å². The monoisotopic (exact) mass is 375 g/mol. The van der Waals surface area contributed by atoms with E-state index in [0.29, 0.717) is 12.5 Å². The molecule has 0 heterocycles. The van der Waals surface area contributed by atoms with E-state index in [2.05, 4.69) is 12.2 Å². The van der Waals surface area contributed by atoms with Crippen LogP contribution in [0.1, 0.15) is 65.4 Å². The van der Waals surface area contributed by atoms with Crippen molar-refractivity contribution in [2.45, 2.75) is 78.0 Å². The topological polar surface area (TPSA) is 64.6 Å². The Hall–Kier alpha value is -2.04. The molecule has 1 unspecified atom stereocenters. The first-order valence-electron chi connectivity index (χ1n) is 9.98. The zero-order valence-electron chi connectivity index (χ0n) is 17.0. The molecule has 1 aromatic rings. The summed E-state index contributed by atoms with van der Waals surface area (Å²) in [6.07, 6.45) is 3.94. The van der Waals surface area contributed by atoms with Gasteiger partial charge in [-0.25, -0.2) is 4.79 Å². The third kappa shape index (κ3) is 7.24. The average molecular weight is 376 g/mol. The van der Waals surface area contributed by atoms with Crippen LogP contribution < -0.4 is 5.32 Å². The van der Waals surface area contributed by atoms with Crippen molar-refractivity contribution in [1.29, 1.82) is 0 Å². The van der Waals surface area contributed by atoms with Gasteiger partial charge in [0.1, 0.15) is 12.2 Å². The zero-order valence-corrected chi connectivity index (χ0v) is 17.0. The predicted octanol–water partition coefficient (Wildman–Crippen LogP) is 4.84. The fourth-order valence-corrected chi connectivity index (χ4v) is 3.62. The minimum Gasteiger partial charge on any atom is -0.461 e. The van der Waals surface area contributed by atoms with Crippen molar-refractivity contribution >= 4 is 12.1 Å². The van der Waals surface area contributed by atoms with E-state index in [9.17, 15) is 9.59 Å². The van der Waals surface area contributed by atoms with E-state index in [4.69, 9.17) is 9.47 Å². The molecule has 5 heteroatoms. The molecule has 0 radical (unpaired) electrons. The van der Waals surface area contributed by atoms with Crippen molar-refractivity contribution in [2.75, 3.05) is 0 Å². The Morgan fingerprint density at radius 3 is 2.30 bits per heavy atom. The molecule has 0 spiro atoms. The molecule has 1 N–H and O–H groups in total. The Morgan fingerprint density at radius 1 is 1.11 bits per heavy atom. The van der Waals surface area contributed by atoms with Crippen LogP contribution in [0.4, 0.5) is 4.79 Å². The molecule has 5 nitrogen and oxygen atoms in total. The van der Waals surface area contributed by atoms with Gasteiger partial charge in [0.05, 0.1) is 5.92 Å². The first-order valence-corrected chi connectivity index (χ1v) is 9.98. The summed E-state index contributed by atoms with van der Waals surface area (Å²) in [5, 5.41) is 3.01. The van der Waals surface area contributed by atoms with E-state index in [1.165, 1.54) is 0 Å². The van der Waals surface area contributed by atoms with Crippen molar-refractivity contribution < 1.29 is 19.1 Å². The lowest BCUT2D eigenvalue weighted by atomic mass is 9.78. The number of alkyl carbamates (subject to hydrolysis) is 1. The molecule has 0 bridgehead atoms. The van der Waals surface area contributed by atoms with Gasteiger partial charge < -0.3 is 14.8 Å². The van der Waals surface area contributed by atoms with E-state index >= 15 is 0 Å². The number of carbonyl (C=O) groups is 2. The number of hydrogen-bond acceptors (Lipinski definition) is 4. The summed E-state index contributed by atoms with van der Waals surface area (Å²) in [6.45, 7) is 7.99. The Kier molecular flexibility index (Phi) is 7.69. The summed E-state index contributed by atoms with van der Waals surface area (Å²) >= 11 is 0. The van der Waals surface area contributed by atoms with E-state index in [1.807, 2.05) is 51.1 Å². The number of hydrogen-bond donors (Lipinski definition) is 1. The number of esters is 1. The number of carbonyl (C=O) groups excluding carboxylic acids is 2. The quantitative estimate of drug-likeness (QED) is 0.723. The number of amides is 1. The van der Waals surface area contributed by atoms with Crippen LogP contribution in [0, 0.1) is 11.8 Å². The molecule has 0 aromatic heterocycles. The molecule has 1 saturated carbocycles. The molecule has 0 aliphatic heterocycles. The Labute approximate surface area is 162 Å². The molecule has 1 atom stereocenters. The summed E-state index contributed by atoms with van der Waals surface area (Å²) in [4.78, 5) is 24.4. The lowest BCUT2D eigenvalue weighted by molar-refractivity contribution is -0.151.